The largest absolute Gasteiger partial charge is 0.508 e. The number of nitrogens with one attached hydrogen (secondary N) is 5. The topological polar surface area (TPSA) is 249 Å². The number of aromatic amines is 1. The average molecular weight is 775 g/mol. The summed E-state index contributed by atoms with van der Waals surface area (Å²) >= 11 is 0. The molecule has 9 N–H and O–H groups in total. The van der Waals surface area contributed by atoms with Crippen molar-refractivity contribution in [3.05, 3.63) is 83.9 Å². The Morgan fingerprint density at radius 2 is 1.48 bits per heavy atom. The summed E-state index contributed by atoms with van der Waals surface area (Å²) in [5.41, 5.74) is 7.98. The van der Waals surface area contributed by atoms with Gasteiger partial charge in [-0.15, -0.1) is 0 Å². The number of amides is 5. The number of imidazole rings is 1. The molecule has 56 heavy (non-hydrogen) atoms. The highest BCUT2D eigenvalue weighted by atomic mass is 16.4. The molecule has 0 saturated carbocycles. The number of aromatic hydroxyl groups is 1. The maximum Gasteiger partial charge on any atom is 0.326 e. The highest BCUT2D eigenvalue weighted by Crippen LogP contribution is 2.21. The van der Waals surface area contributed by atoms with Crippen molar-refractivity contribution in [2.45, 2.75) is 102 Å². The Morgan fingerprint density at radius 3 is 2.09 bits per heavy atom. The van der Waals surface area contributed by atoms with E-state index in [0.717, 1.165) is 5.56 Å². The number of benzene rings is 2. The fourth-order valence-corrected chi connectivity index (χ4v) is 6.50. The number of phenols is 1. The Hall–Kier alpha value is -5.77. The first kappa shape index (κ1) is 43.0. The van der Waals surface area contributed by atoms with Crippen LogP contribution in [0.2, 0.25) is 0 Å². The molecule has 16 heteroatoms. The number of rotatable bonds is 19. The second kappa shape index (κ2) is 20.2. The number of carboxylic acids is 1. The molecule has 5 amide bonds. The fraction of sp³-hybridized carbons (Fsp3) is 0.475. The monoisotopic (exact) mass is 774 g/mol. The van der Waals surface area contributed by atoms with E-state index in [1.54, 1.807) is 63.2 Å². The number of aliphatic carboxylic acids is 1. The van der Waals surface area contributed by atoms with Crippen molar-refractivity contribution in [2.75, 3.05) is 6.54 Å². The first-order valence-corrected chi connectivity index (χ1v) is 19.0. The smallest absolute Gasteiger partial charge is 0.326 e. The quantitative estimate of drug-likeness (QED) is 0.0864. The van der Waals surface area contributed by atoms with E-state index >= 15 is 0 Å². The molecule has 1 aliphatic heterocycles. The zero-order chi connectivity index (χ0) is 40.9. The number of carbonyl (C=O) groups is 6. The Bertz CT molecular complexity index is 1790. The van der Waals surface area contributed by atoms with Crippen LogP contribution in [0.3, 0.4) is 0 Å². The van der Waals surface area contributed by atoms with E-state index in [1.165, 1.54) is 29.6 Å². The van der Waals surface area contributed by atoms with Crippen LogP contribution >= 0.6 is 0 Å². The number of nitrogens with two attached hydrogens (primary N) is 1. The minimum atomic E-state index is -1.23. The lowest BCUT2D eigenvalue weighted by atomic mass is 9.96. The van der Waals surface area contributed by atoms with Gasteiger partial charge in [-0.3, -0.25) is 24.0 Å². The maximum atomic E-state index is 14.3. The van der Waals surface area contributed by atoms with Crippen molar-refractivity contribution in [1.82, 2.24) is 36.1 Å². The van der Waals surface area contributed by atoms with Gasteiger partial charge in [-0.25, -0.2) is 9.78 Å². The van der Waals surface area contributed by atoms with Crippen LogP contribution in [0, 0.1) is 11.8 Å². The Kier molecular flexibility index (Phi) is 15.5. The van der Waals surface area contributed by atoms with Gasteiger partial charge in [0.15, 0.2) is 0 Å². The number of likely N-dealkylation sites (tertiary alicyclic amines) is 1. The second-order valence-electron chi connectivity index (χ2n) is 14.7. The van der Waals surface area contributed by atoms with E-state index in [2.05, 4.69) is 31.2 Å². The van der Waals surface area contributed by atoms with E-state index < -0.39 is 77.7 Å². The van der Waals surface area contributed by atoms with E-state index in [9.17, 15) is 39.0 Å². The normalized spacial score (nSPS) is 17.2. The van der Waals surface area contributed by atoms with Crippen molar-refractivity contribution >= 4 is 35.5 Å². The van der Waals surface area contributed by atoms with Crippen LogP contribution in [0.5, 0.6) is 5.75 Å². The molecule has 0 bridgehead atoms. The van der Waals surface area contributed by atoms with Crippen LogP contribution in [0.4, 0.5) is 0 Å². The van der Waals surface area contributed by atoms with Crippen LogP contribution in [0.15, 0.2) is 67.1 Å². The molecule has 0 aliphatic carbocycles. The molecule has 2 heterocycles. The first-order chi connectivity index (χ1) is 26.7. The van der Waals surface area contributed by atoms with E-state index in [1.807, 2.05) is 6.92 Å². The van der Waals surface area contributed by atoms with Crippen LogP contribution in [-0.4, -0.2) is 103 Å². The zero-order valence-corrected chi connectivity index (χ0v) is 32.2. The molecule has 2 aromatic carbocycles. The molecule has 7 atom stereocenters. The Labute approximate surface area is 326 Å². The molecule has 1 aromatic heterocycles. The van der Waals surface area contributed by atoms with E-state index in [4.69, 9.17) is 5.73 Å². The van der Waals surface area contributed by atoms with Crippen LogP contribution in [-0.2, 0) is 48.0 Å². The molecule has 1 fully saturated rings. The maximum absolute atomic E-state index is 14.3. The van der Waals surface area contributed by atoms with Gasteiger partial charge in [0.05, 0.1) is 12.4 Å². The number of nitrogens with zero attached hydrogens (tertiary/aromatic N) is 2. The molecule has 3 aromatic rings. The van der Waals surface area contributed by atoms with Crippen molar-refractivity contribution < 1.29 is 39.0 Å². The molecule has 16 nitrogen and oxygen atoms in total. The molecule has 0 spiro atoms. The standard InChI is InChI=1S/C40H54N8O8/c1-5-24(4)34(47-35(50)29(44-37(52)33(41)23(2)3)18-26-13-15-28(49)16-14-26)38(53)45-30(20-27-21-42-22-43-27)39(54)48-17-9-12-32(48)36(51)46-31(40(55)56)19-25-10-7-6-8-11-25/h6-8,10-11,13-16,21-24,29-34,49H,5,9,12,17-20,41H2,1-4H3,(H,42,43)(H,44,52)(H,45,53)(H,46,51)(H,47,50)(H,55,56)/t24-,29-,30-,31?,32?,33?,34?/m0/s1. The summed E-state index contributed by atoms with van der Waals surface area (Å²) in [6.45, 7) is 7.37. The van der Waals surface area contributed by atoms with E-state index in [0.29, 0.717) is 30.5 Å². The van der Waals surface area contributed by atoms with Gasteiger partial charge in [0.2, 0.25) is 29.5 Å². The highest BCUT2D eigenvalue weighted by Gasteiger charge is 2.40. The van der Waals surface area contributed by atoms with Gasteiger partial charge in [0.25, 0.3) is 0 Å². The van der Waals surface area contributed by atoms with Gasteiger partial charge in [-0.05, 0) is 47.9 Å². The van der Waals surface area contributed by atoms with Gasteiger partial charge in [0, 0.05) is 37.7 Å². The Balaban J connectivity index is 1.55. The summed E-state index contributed by atoms with van der Waals surface area (Å²) in [6.07, 6.45) is 4.24. The van der Waals surface area contributed by atoms with Crippen LogP contribution in [0.25, 0.3) is 0 Å². The highest BCUT2D eigenvalue weighted by molar-refractivity contribution is 5.97. The Morgan fingerprint density at radius 1 is 0.839 bits per heavy atom. The summed E-state index contributed by atoms with van der Waals surface area (Å²) in [5.74, 6) is -4.86. The van der Waals surface area contributed by atoms with Gasteiger partial charge < -0.3 is 47.1 Å². The van der Waals surface area contributed by atoms with Gasteiger partial charge in [-0.2, -0.15) is 0 Å². The van der Waals surface area contributed by atoms with Gasteiger partial charge >= 0.3 is 5.97 Å². The SMILES string of the molecule is CC[C@H](C)C(NC(=O)[C@H](Cc1ccc(O)cc1)NC(=O)C(N)C(C)C)C(=O)N[C@@H](Cc1cnc[nH]1)C(=O)N1CCCC1C(=O)NC(Cc1ccccc1)C(=O)O. The summed E-state index contributed by atoms with van der Waals surface area (Å²) in [4.78, 5) is 89.6. The predicted octanol–water partition coefficient (Wildman–Crippen LogP) is 1.19. The minimum absolute atomic E-state index is 0.0189. The summed E-state index contributed by atoms with van der Waals surface area (Å²) in [6, 6.07) is 8.44. The molecular formula is C40H54N8O8. The molecule has 4 rings (SSSR count). The number of carbonyl (C=O) groups excluding carboxylic acids is 5. The lowest BCUT2D eigenvalue weighted by Crippen LogP contribution is -2.61. The fourth-order valence-electron chi connectivity index (χ4n) is 6.50. The lowest BCUT2D eigenvalue weighted by molar-refractivity contribution is -0.145. The third-order valence-electron chi connectivity index (χ3n) is 10.2. The third-order valence-corrected chi connectivity index (χ3v) is 10.2. The number of phenolic OH excluding ortho intramolecular Hbond substituents is 1. The molecule has 1 saturated heterocycles. The van der Waals surface area contributed by atoms with Crippen molar-refractivity contribution in [3.8, 4) is 5.75 Å². The third kappa shape index (κ3) is 11.9. The number of hydrogen-bond donors (Lipinski definition) is 8. The summed E-state index contributed by atoms with van der Waals surface area (Å²) < 4.78 is 0. The van der Waals surface area contributed by atoms with Crippen molar-refractivity contribution in [1.29, 1.82) is 0 Å². The van der Waals surface area contributed by atoms with Crippen molar-refractivity contribution in [2.24, 2.45) is 17.6 Å². The first-order valence-electron chi connectivity index (χ1n) is 19.0. The average Bonchev–Trinajstić information content (AvgIpc) is 3.89. The minimum Gasteiger partial charge on any atom is -0.508 e. The second-order valence-corrected chi connectivity index (χ2v) is 14.7. The van der Waals surface area contributed by atoms with Crippen LogP contribution in [0.1, 0.15) is 63.8 Å². The van der Waals surface area contributed by atoms with Crippen molar-refractivity contribution in [3.63, 3.8) is 0 Å². The predicted molar refractivity (Wildman–Crippen MR) is 207 cm³/mol. The number of aromatic nitrogens is 2. The van der Waals surface area contributed by atoms with Gasteiger partial charge in [-0.1, -0.05) is 76.6 Å². The van der Waals surface area contributed by atoms with Gasteiger partial charge in [0.1, 0.15) is 36.0 Å². The molecule has 1 aliphatic rings. The molecule has 302 valence electrons. The number of H-pyrrole nitrogens is 1. The zero-order valence-electron chi connectivity index (χ0n) is 32.2. The lowest BCUT2D eigenvalue weighted by Gasteiger charge is -2.31. The summed E-state index contributed by atoms with van der Waals surface area (Å²) in [5, 5.41) is 30.6. The van der Waals surface area contributed by atoms with E-state index in [-0.39, 0.29) is 37.5 Å². The molecule has 0 radical (unpaired) electrons. The molecular weight excluding hydrogens is 720 g/mol. The van der Waals surface area contributed by atoms with Crippen LogP contribution < -0.4 is 27.0 Å². The summed E-state index contributed by atoms with van der Waals surface area (Å²) in [7, 11) is 0. The number of hydrogen-bond acceptors (Lipinski definition) is 9. The molecule has 4 unspecified atom stereocenters. The number of carboxylic acid groups (broad SMARTS) is 1.